The highest BCUT2D eigenvalue weighted by Crippen LogP contribution is 2.28. The van der Waals surface area contributed by atoms with Crippen molar-refractivity contribution in [2.24, 2.45) is 5.92 Å². The maximum atomic E-state index is 3.97. The predicted octanol–water partition coefficient (Wildman–Crippen LogP) is 3.64. The van der Waals surface area contributed by atoms with Crippen LogP contribution in [0, 0.1) is 5.92 Å². The van der Waals surface area contributed by atoms with Crippen molar-refractivity contribution in [1.29, 1.82) is 0 Å². The first-order valence-corrected chi connectivity index (χ1v) is 4.40. The number of rotatable bonds is 3. The van der Waals surface area contributed by atoms with Crippen molar-refractivity contribution in [3.8, 4) is 0 Å². The lowest BCUT2D eigenvalue weighted by molar-refractivity contribution is 0.555. The molecule has 0 amide bonds. The zero-order chi connectivity index (χ0) is 8.97. The zero-order valence-electron chi connectivity index (χ0n) is 7.55. The standard InChI is InChI=1S/C12H16/c1-4-10(3)12-8-6-11(5-2)7-9-12/h4-6,12H,1-3,7-9H2. The van der Waals surface area contributed by atoms with Crippen LogP contribution in [0.1, 0.15) is 19.3 Å². The number of allylic oxidation sites excluding steroid dienone is 5. The molecule has 0 spiro atoms. The summed E-state index contributed by atoms with van der Waals surface area (Å²) in [4.78, 5) is 0. The summed E-state index contributed by atoms with van der Waals surface area (Å²) in [5.74, 6) is 0.617. The highest BCUT2D eigenvalue weighted by Gasteiger charge is 2.13. The molecule has 1 unspecified atom stereocenters. The minimum absolute atomic E-state index is 0.617. The molecule has 0 heteroatoms. The van der Waals surface area contributed by atoms with Crippen LogP contribution in [0.5, 0.6) is 0 Å². The average molecular weight is 160 g/mol. The Balaban J connectivity index is 2.56. The van der Waals surface area contributed by atoms with Crippen LogP contribution in [0.4, 0.5) is 0 Å². The van der Waals surface area contributed by atoms with Gasteiger partial charge in [-0.3, -0.25) is 0 Å². The third kappa shape index (κ3) is 1.97. The van der Waals surface area contributed by atoms with Gasteiger partial charge in [-0.2, -0.15) is 0 Å². The Bertz CT molecular complexity index is 230. The van der Waals surface area contributed by atoms with Crippen molar-refractivity contribution in [2.45, 2.75) is 19.3 Å². The first-order chi connectivity index (χ1) is 5.77. The molecule has 0 aromatic carbocycles. The van der Waals surface area contributed by atoms with Gasteiger partial charge in [0.05, 0.1) is 0 Å². The Labute approximate surface area is 75.0 Å². The van der Waals surface area contributed by atoms with Crippen LogP contribution in [0.2, 0.25) is 0 Å². The van der Waals surface area contributed by atoms with E-state index < -0.39 is 0 Å². The van der Waals surface area contributed by atoms with Crippen molar-refractivity contribution in [2.75, 3.05) is 0 Å². The van der Waals surface area contributed by atoms with Gasteiger partial charge < -0.3 is 0 Å². The second-order valence-electron chi connectivity index (χ2n) is 3.23. The fraction of sp³-hybridized carbons (Fsp3) is 0.333. The molecule has 1 aliphatic carbocycles. The largest absolute Gasteiger partial charge is 0.0988 e. The van der Waals surface area contributed by atoms with Crippen LogP contribution in [-0.2, 0) is 0 Å². The van der Waals surface area contributed by atoms with Crippen molar-refractivity contribution >= 4 is 0 Å². The fourth-order valence-corrected chi connectivity index (χ4v) is 1.54. The molecule has 0 fully saturated rings. The van der Waals surface area contributed by atoms with Gasteiger partial charge in [-0.15, -0.1) is 0 Å². The highest BCUT2D eigenvalue weighted by atomic mass is 14.2. The van der Waals surface area contributed by atoms with E-state index in [1.165, 1.54) is 17.6 Å². The molecule has 0 aromatic heterocycles. The van der Waals surface area contributed by atoms with E-state index in [1.807, 2.05) is 12.2 Å². The van der Waals surface area contributed by atoms with E-state index in [0.717, 1.165) is 12.8 Å². The summed E-state index contributed by atoms with van der Waals surface area (Å²) >= 11 is 0. The van der Waals surface area contributed by atoms with E-state index >= 15 is 0 Å². The monoisotopic (exact) mass is 160 g/mol. The molecule has 0 saturated heterocycles. The molecule has 0 aromatic rings. The van der Waals surface area contributed by atoms with Crippen molar-refractivity contribution in [3.05, 3.63) is 49.1 Å². The van der Waals surface area contributed by atoms with Gasteiger partial charge in [0, 0.05) is 0 Å². The second-order valence-corrected chi connectivity index (χ2v) is 3.23. The number of hydrogen-bond donors (Lipinski definition) is 0. The lowest BCUT2D eigenvalue weighted by Crippen LogP contribution is -2.05. The minimum atomic E-state index is 0.617. The summed E-state index contributed by atoms with van der Waals surface area (Å²) < 4.78 is 0. The molecule has 64 valence electrons. The summed E-state index contributed by atoms with van der Waals surface area (Å²) in [5, 5.41) is 0. The SMILES string of the molecule is C=CC(=C)C1CC=C(C=C)CC1. The Morgan fingerprint density at radius 2 is 2.25 bits per heavy atom. The minimum Gasteiger partial charge on any atom is -0.0988 e. The second kappa shape index (κ2) is 4.10. The molecule has 0 heterocycles. The van der Waals surface area contributed by atoms with Crippen LogP contribution in [0.15, 0.2) is 49.1 Å². The first-order valence-electron chi connectivity index (χ1n) is 4.40. The third-order valence-electron chi connectivity index (χ3n) is 2.49. The quantitative estimate of drug-likeness (QED) is 0.553. The molecule has 0 nitrogen and oxygen atoms in total. The Morgan fingerprint density at radius 1 is 1.50 bits per heavy atom. The predicted molar refractivity (Wildman–Crippen MR) is 55.0 cm³/mol. The van der Waals surface area contributed by atoms with Crippen LogP contribution < -0.4 is 0 Å². The fourth-order valence-electron chi connectivity index (χ4n) is 1.54. The van der Waals surface area contributed by atoms with Crippen LogP contribution in [-0.4, -0.2) is 0 Å². The van der Waals surface area contributed by atoms with Crippen molar-refractivity contribution < 1.29 is 0 Å². The number of hydrogen-bond acceptors (Lipinski definition) is 0. The maximum absolute atomic E-state index is 3.97. The molecule has 0 N–H and O–H groups in total. The zero-order valence-corrected chi connectivity index (χ0v) is 7.55. The Kier molecular flexibility index (Phi) is 3.09. The maximum Gasteiger partial charge on any atom is -0.0130 e. The van der Waals surface area contributed by atoms with Gasteiger partial charge in [0.2, 0.25) is 0 Å². The van der Waals surface area contributed by atoms with E-state index in [4.69, 9.17) is 0 Å². The molecule has 0 radical (unpaired) electrons. The summed E-state index contributed by atoms with van der Waals surface area (Å²) in [7, 11) is 0. The van der Waals surface area contributed by atoms with Gasteiger partial charge >= 0.3 is 0 Å². The average Bonchev–Trinajstić information content (AvgIpc) is 2.17. The molecule has 0 aliphatic heterocycles. The molecule has 1 aliphatic rings. The highest BCUT2D eigenvalue weighted by molar-refractivity contribution is 5.24. The molecule has 12 heavy (non-hydrogen) atoms. The first kappa shape index (κ1) is 9.05. The van der Waals surface area contributed by atoms with E-state index in [1.54, 1.807) is 0 Å². The normalized spacial score (nSPS) is 22.7. The van der Waals surface area contributed by atoms with E-state index in [2.05, 4.69) is 25.8 Å². The van der Waals surface area contributed by atoms with Crippen LogP contribution in [0.25, 0.3) is 0 Å². The lowest BCUT2D eigenvalue weighted by Gasteiger charge is -2.20. The molecular formula is C12H16. The van der Waals surface area contributed by atoms with Gasteiger partial charge in [-0.1, -0.05) is 49.1 Å². The van der Waals surface area contributed by atoms with Crippen molar-refractivity contribution in [1.82, 2.24) is 0 Å². The third-order valence-corrected chi connectivity index (χ3v) is 2.49. The molecule has 1 atom stereocenters. The summed E-state index contributed by atoms with van der Waals surface area (Å²) in [6, 6.07) is 0. The topological polar surface area (TPSA) is 0 Å². The smallest absolute Gasteiger partial charge is 0.0130 e. The van der Waals surface area contributed by atoms with E-state index in [9.17, 15) is 0 Å². The van der Waals surface area contributed by atoms with Crippen LogP contribution in [0.3, 0.4) is 0 Å². The molecule has 0 saturated carbocycles. The van der Waals surface area contributed by atoms with Gasteiger partial charge in [-0.05, 0) is 25.2 Å². The van der Waals surface area contributed by atoms with Crippen molar-refractivity contribution in [3.63, 3.8) is 0 Å². The Morgan fingerprint density at radius 3 is 2.67 bits per heavy atom. The van der Waals surface area contributed by atoms with Gasteiger partial charge in [0.1, 0.15) is 0 Å². The molecule has 0 bridgehead atoms. The van der Waals surface area contributed by atoms with E-state index in [0.29, 0.717) is 5.92 Å². The van der Waals surface area contributed by atoms with Gasteiger partial charge in [-0.25, -0.2) is 0 Å². The summed E-state index contributed by atoms with van der Waals surface area (Å²) in [6.07, 6.45) is 9.52. The van der Waals surface area contributed by atoms with Gasteiger partial charge in [0.25, 0.3) is 0 Å². The Hall–Kier alpha value is -1.04. The molecule has 1 rings (SSSR count). The summed E-state index contributed by atoms with van der Waals surface area (Å²) in [6.45, 7) is 11.5. The lowest BCUT2D eigenvalue weighted by atomic mass is 9.85. The molecular weight excluding hydrogens is 144 g/mol. The van der Waals surface area contributed by atoms with Crippen LogP contribution >= 0.6 is 0 Å². The van der Waals surface area contributed by atoms with E-state index in [-0.39, 0.29) is 0 Å². The summed E-state index contributed by atoms with van der Waals surface area (Å²) in [5.41, 5.74) is 2.55. The van der Waals surface area contributed by atoms with Gasteiger partial charge in [0.15, 0.2) is 0 Å².